The van der Waals surface area contributed by atoms with E-state index in [-0.39, 0.29) is 5.56 Å². The number of rotatable bonds is 3. The number of carbonyl (C=O) groups is 1. The van der Waals surface area contributed by atoms with Crippen LogP contribution in [0, 0.1) is 5.92 Å². The topological polar surface area (TPSA) is 55.1 Å². The first-order chi connectivity index (χ1) is 11.4. The lowest BCUT2D eigenvalue weighted by atomic mass is 10.2. The van der Waals surface area contributed by atoms with Crippen molar-refractivity contribution < 1.29 is 9.90 Å². The van der Waals surface area contributed by atoms with Gasteiger partial charge in [0.25, 0.3) is 0 Å². The zero-order valence-electron chi connectivity index (χ0n) is 14.1. The second-order valence-electron chi connectivity index (χ2n) is 5.95. The van der Waals surface area contributed by atoms with Gasteiger partial charge in [-0.1, -0.05) is 27.2 Å². The molecule has 0 aliphatic heterocycles. The minimum atomic E-state index is -0.929. The average molecular weight is 342 g/mol. The summed E-state index contributed by atoms with van der Waals surface area (Å²) in [5.41, 5.74) is 1.96. The third kappa shape index (κ3) is 4.38. The van der Waals surface area contributed by atoms with E-state index in [0.29, 0.717) is 0 Å². The van der Waals surface area contributed by atoms with Gasteiger partial charge in [0.05, 0.1) is 5.56 Å². The fourth-order valence-corrected chi connectivity index (χ4v) is 2.18. The van der Waals surface area contributed by atoms with Crippen LogP contribution in [0.2, 0.25) is 0 Å². The first-order valence-corrected chi connectivity index (χ1v) is 8.37. The molecule has 1 aromatic carbocycles. The highest BCUT2D eigenvalue weighted by Gasteiger charge is 2.06. The van der Waals surface area contributed by atoms with E-state index in [4.69, 9.17) is 5.11 Å². The van der Waals surface area contributed by atoms with Gasteiger partial charge in [-0.25, -0.2) is 9.78 Å². The first-order valence-electron chi connectivity index (χ1n) is 7.92. The summed E-state index contributed by atoms with van der Waals surface area (Å²) < 4.78 is 1.91. The molecule has 4 nitrogen and oxygen atoms in total. The van der Waals surface area contributed by atoms with Crippen LogP contribution in [-0.2, 0) is 0 Å². The van der Waals surface area contributed by atoms with Gasteiger partial charge in [0, 0.05) is 28.4 Å². The summed E-state index contributed by atoms with van der Waals surface area (Å²) in [6, 6.07) is 10.6. The zero-order valence-corrected chi connectivity index (χ0v) is 15.0. The lowest BCUT2D eigenvalue weighted by Gasteiger charge is -2.05. The van der Waals surface area contributed by atoms with Gasteiger partial charge in [0.15, 0.2) is 0 Å². The molecular weight excluding hydrogens is 320 g/mol. The number of nitrogens with zero attached hydrogens (tertiary/aromatic N) is 2. The van der Waals surface area contributed by atoms with Crippen LogP contribution in [0.3, 0.4) is 0 Å². The molecule has 2 aromatic heterocycles. The van der Waals surface area contributed by atoms with E-state index in [9.17, 15) is 4.79 Å². The second kappa shape index (κ2) is 8.02. The van der Waals surface area contributed by atoms with Crippen molar-refractivity contribution in [3.8, 4) is 5.69 Å². The Morgan fingerprint density at radius 3 is 2.42 bits per heavy atom. The van der Waals surface area contributed by atoms with Gasteiger partial charge >= 0.3 is 5.97 Å². The number of aromatic carboxylic acids is 1. The Morgan fingerprint density at radius 1 is 1.25 bits per heavy atom. The third-order valence-electron chi connectivity index (χ3n) is 3.72. The van der Waals surface area contributed by atoms with E-state index in [0.717, 1.165) is 27.5 Å². The van der Waals surface area contributed by atoms with Crippen molar-refractivity contribution in [2.24, 2.45) is 5.92 Å². The zero-order chi connectivity index (χ0) is 17.7. The van der Waals surface area contributed by atoms with Crippen LogP contribution in [0.15, 0.2) is 53.7 Å². The molecular formula is C19H22N2O2S. The Balaban J connectivity index is 0.000000368. The highest BCUT2D eigenvalue weighted by molar-refractivity contribution is 7.80. The predicted molar refractivity (Wildman–Crippen MR) is 100 cm³/mol. The van der Waals surface area contributed by atoms with Crippen molar-refractivity contribution in [3.63, 3.8) is 0 Å². The number of thiol groups is 1. The van der Waals surface area contributed by atoms with Crippen molar-refractivity contribution in [1.29, 1.82) is 0 Å². The van der Waals surface area contributed by atoms with Crippen LogP contribution in [0.4, 0.5) is 0 Å². The summed E-state index contributed by atoms with van der Waals surface area (Å²) in [6.45, 7) is 6.64. The van der Waals surface area contributed by atoms with E-state index < -0.39 is 5.97 Å². The Bertz CT molecular complexity index is 823. The van der Waals surface area contributed by atoms with Crippen molar-refractivity contribution in [1.82, 2.24) is 9.55 Å². The van der Waals surface area contributed by atoms with Gasteiger partial charge in [0.2, 0.25) is 0 Å². The Morgan fingerprint density at radius 2 is 1.88 bits per heavy atom. The van der Waals surface area contributed by atoms with E-state index >= 15 is 0 Å². The maximum atomic E-state index is 10.8. The third-order valence-corrected chi connectivity index (χ3v) is 3.97. The fraction of sp³-hybridized carbons (Fsp3) is 0.263. The standard InChI is InChI=1S/C14H10N2O2S.C5H12/c17-14(18)9-1-3-11(4-2-9)16-6-5-10-7-12(19)8-15-13(10)16;1-4-5(2)3/h1-8,19H,(H,17,18);5H,4H2,1-3H3. The van der Waals surface area contributed by atoms with Gasteiger partial charge < -0.3 is 9.67 Å². The summed E-state index contributed by atoms with van der Waals surface area (Å²) in [6.07, 6.45) is 4.90. The van der Waals surface area contributed by atoms with E-state index in [1.54, 1.807) is 30.5 Å². The minimum absolute atomic E-state index is 0.269. The normalized spacial score (nSPS) is 10.5. The Kier molecular flexibility index (Phi) is 6.04. The second-order valence-corrected chi connectivity index (χ2v) is 6.46. The van der Waals surface area contributed by atoms with Crippen LogP contribution >= 0.6 is 12.6 Å². The molecule has 0 aliphatic rings. The monoisotopic (exact) mass is 342 g/mol. The molecule has 0 atom stereocenters. The van der Waals surface area contributed by atoms with Crippen molar-refractivity contribution >= 4 is 29.6 Å². The Labute approximate surface area is 147 Å². The van der Waals surface area contributed by atoms with E-state index in [1.165, 1.54) is 6.42 Å². The number of hydrogen-bond donors (Lipinski definition) is 2. The van der Waals surface area contributed by atoms with Gasteiger partial charge in [-0.05, 0) is 42.3 Å². The number of hydrogen-bond acceptors (Lipinski definition) is 3. The SMILES string of the molecule is CCC(C)C.O=C(O)c1ccc(-n2ccc3cc(S)cnc32)cc1. The average Bonchev–Trinajstić information content (AvgIpc) is 2.98. The molecule has 0 spiro atoms. The van der Waals surface area contributed by atoms with Gasteiger partial charge in [-0.3, -0.25) is 0 Å². The van der Waals surface area contributed by atoms with Crippen molar-refractivity contribution in [2.45, 2.75) is 32.1 Å². The highest BCUT2D eigenvalue weighted by Crippen LogP contribution is 2.21. The van der Waals surface area contributed by atoms with Crippen LogP contribution in [0.1, 0.15) is 37.6 Å². The van der Waals surface area contributed by atoms with Crippen LogP contribution in [0.5, 0.6) is 0 Å². The molecule has 5 heteroatoms. The largest absolute Gasteiger partial charge is 0.478 e. The maximum Gasteiger partial charge on any atom is 0.335 e. The summed E-state index contributed by atoms with van der Waals surface area (Å²) in [7, 11) is 0. The fourth-order valence-electron chi connectivity index (χ4n) is 1.99. The van der Waals surface area contributed by atoms with Crippen molar-refractivity contribution in [3.05, 3.63) is 54.4 Å². The first kappa shape index (κ1) is 18.1. The lowest BCUT2D eigenvalue weighted by Crippen LogP contribution is -1.98. The number of pyridine rings is 1. The van der Waals surface area contributed by atoms with Crippen LogP contribution in [0.25, 0.3) is 16.7 Å². The summed E-state index contributed by atoms with van der Waals surface area (Å²) in [4.78, 5) is 16.0. The summed E-state index contributed by atoms with van der Waals surface area (Å²) in [5.74, 6) is -0.0447. The van der Waals surface area contributed by atoms with E-state index in [2.05, 4.69) is 38.4 Å². The maximum absolute atomic E-state index is 10.8. The molecule has 0 aliphatic carbocycles. The molecule has 0 amide bonds. The number of carboxylic acids is 1. The number of fused-ring (bicyclic) bond motifs is 1. The molecule has 1 N–H and O–H groups in total. The van der Waals surface area contributed by atoms with Crippen molar-refractivity contribution in [2.75, 3.05) is 0 Å². The molecule has 0 saturated carbocycles. The quantitative estimate of drug-likeness (QED) is 0.654. The molecule has 3 aromatic rings. The molecule has 126 valence electrons. The van der Waals surface area contributed by atoms with Gasteiger partial charge in [0.1, 0.15) is 5.65 Å². The van der Waals surface area contributed by atoms with Gasteiger partial charge in [-0.2, -0.15) is 0 Å². The molecule has 0 saturated heterocycles. The highest BCUT2D eigenvalue weighted by atomic mass is 32.1. The minimum Gasteiger partial charge on any atom is -0.478 e. The summed E-state index contributed by atoms with van der Waals surface area (Å²) in [5, 5.41) is 9.88. The van der Waals surface area contributed by atoms with Crippen LogP contribution in [-0.4, -0.2) is 20.6 Å². The number of aromatic nitrogens is 2. The number of benzene rings is 1. The smallest absolute Gasteiger partial charge is 0.335 e. The predicted octanol–water partition coefficient (Wildman–Crippen LogP) is 5.06. The molecule has 0 bridgehead atoms. The molecule has 3 rings (SSSR count). The lowest BCUT2D eigenvalue weighted by molar-refractivity contribution is 0.0697. The van der Waals surface area contributed by atoms with E-state index in [1.807, 2.05) is 22.9 Å². The summed E-state index contributed by atoms with van der Waals surface area (Å²) >= 11 is 4.26. The van der Waals surface area contributed by atoms with Crippen LogP contribution < -0.4 is 0 Å². The number of carboxylic acid groups (broad SMARTS) is 1. The molecule has 0 fully saturated rings. The molecule has 0 radical (unpaired) electrons. The Hall–Kier alpha value is -2.27. The molecule has 2 heterocycles. The van der Waals surface area contributed by atoms with Gasteiger partial charge in [-0.15, -0.1) is 12.6 Å². The molecule has 24 heavy (non-hydrogen) atoms. The molecule has 0 unspecified atom stereocenters.